The zero-order chi connectivity index (χ0) is 19.6. The van der Waals surface area contributed by atoms with Gasteiger partial charge in [-0.1, -0.05) is 11.3 Å². The standard InChI is InChI=1S/C17H13F2N3O4S/c1-26-7-6-21-15-13(19)8-11(18)9-14(15)27-17(21)20-16(23)10-2-4-12(5-3-10)22(24)25/h2-5,8-9H,6-7H2,1H3. The molecule has 0 radical (unpaired) electrons. The zero-order valence-electron chi connectivity index (χ0n) is 14.0. The quantitative estimate of drug-likeness (QED) is 0.492. The van der Waals surface area contributed by atoms with Crippen LogP contribution in [0.15, 0.2) is 41.4 Å². The van der Waals surface area contributed by atoms with Crippen molar-refractivity contribution in [2.45, 2.75) is 6.54 Å². The number of hydrogen-bond donors (Lipinski definition) is 0. The molecule has 0 saturated heterocycles. The Morgan fingerprint density at radius 1 is 1.30 bits per heavy atom. The highest BCUT2D eigenvalue weighted by Gasteiger charge is 2.15. The molecule has 1 aromatic heterocycles. The van der Waals surface area contributed by atoms with Gasteiger partial charge in [0.1, 0.15) is 5.82 Å². The van der Waals surface area contributed by atoms with E-state index in [1.807, 2.05) is 0 Å². The molecule has 0 spiro atoms. The fourth-order valence-electron chi connectivity index (χ4n) is 2.48. The summed E-state index contributed by atoms with van der Waals surface area (Å²) in [4.78, 5) is 26.7. The van der Waals surface area contributed by atoms with Gasteiger partial charge in [-0.15, -0.1) is 0 Å². The Balaban J connectivity index is 2.09. The van der Waals surface area contributed by atoms with Gasteiger partial charge in [-0.05, 0) is 18.2 Å². The average molecular weight is 393 g/mol. The number of methoxy groups -OCH3 is 1. The number of rotatable bonds is 5. The Morgan fingerprint density at radius 3 is 2.63 bits per heavy atom. The number of amides is 1. The number of nitro benzene ring substituents is 1. The molecule has 0 aliphatic rings. The van der Waals surface area contributed by atoms with Gasteiger partial charge in [0.2, 0.25) is 0 Å². The van der Waals surface area contributed by atoms with Crippen molar-refractivity contribution in [3.8, 4) is 0 Å². The largest absolute Gasteiger partial charge is 0.383 e. The van der Waals surface area contributed by atoms with Crippen molar-refractivity contribution in [3.63, 3.8) is 0 Å². The van der Waals surface area contributed by atoms with Crippen LogP contribution >= 0.6 is 11.3 Å². The first kappa shape index (κ1) is 18.8. The molecule has 0 aliphatic carbocycles. The van der Waals surface area contributed by atoms with Crippen LogP contribution in [0.5, 0.6) is 0 Å². The molecular weight excluding hydrogens is 380 g/mol. The van der Waals surface area contributed by atoms with Crippen molar-refractivity contribution in [2.24, 2.45) is 4.99 Å². The maximum atomic E-state index is 14.2. The minimum absolute atomic E-state index is 0.133. The van der Waals surface area contributed by atoms with E-state index in [1.54, 1.807) is 0 Å². The van der Waals surface area contributed by atoms with Crippen LogP contribution in [0.3, 0.4) is 0 Å². The summed E-state index contributed by atoms with van der Waals surface area (Å²) in [7, 11) is 1.48. The summed E-state index contributed by atoms with van der Waals surface area (Å²) < 4.78 is 34.5. The number of aromatic nitrogens is 1. The fourth-order valence-corrected chi connectivity index (χ4v) is 3.58. The smallest absolute Gasteiger partial charge is 0.279 e. The molecule has 3 aromatic rings. The van der Waals surface area contributed by atoms with Crippen LogP contribution in [0.2, 0.25) is 0 Å². The molecule has 140 valence electrons. The maximum absolute atomic E-state index is 14.2. The third kappa shape index (κ3) is 3.91. The Bertz CT molecular complexity index is 1090. The van der Waals surface area contributed by atoms with Crippen LogP contribution in [-0.4, -0.2) is 29.1 Å². The van der Waals surface area contributed by atoms with Crippen LogP contribution < -0.4 is 4.80 Å². The minimum Gasteiger partial charge on any atom is -0.383 e. The number of carbonyl (C=O) groups excluding carboxylic acids is 1. The van der Waals surface area contributed by atoms with E-state index in [4.69, 9.17) is 4.74 Å². The van der Waals surface area contributed by atoms with Gasteiger partial charge in [0.15, 0.2) is 10.6 Å². The predicted molar refractivity (Wildman–Crippen MR) is 94.6 cm³/mol. The van der Waals surface area contributed by atoms with Crippen molar-refractivity contribution in [1.82, 2.24) is 4.57 Å². The van der Waals surface area contributed by atoms with Crippen molar-refractivity contribution in [3.05, 3.63) is 68.5 Å². The molecule has 0 fully saturated rings. The zero-order valence-corrected chi connectivity index (χ0v) is 14.8. The molecule has 0 N–H and O–H groups in total. The average Bonchev–Trinajstić information content (AvgIpc) is 2.96. The molecule has 0 aliphatic heterocycles. The number of nitro groups is 1. The molecule has 7 nitrogen and oxygen atoms in total. The van der Waals surface area contributed by atoms with Crippen LogP contribution in [0.4, 0.5) is 14.5 Å². The van der Waals surface area contributed by atoms with Gasteiger partial charge in [-0.2, -0.15) is 4.99 Å². The summed E-state index contributed by atoms with van der Waals surface area (Å²) in [5.74, 6) is -2.14. The molecule has 0 unspecified atom stereocenters. The second-order valence-corrected chi connectivity index (χ2v) is 6.49. The SMILES string of the molecule is COCCn1c(=NC(=O)c2ccc([N+](=O)[O-])cc2)sc2cc(F)cc(F)c21. The number of nitrogens with zero attached hydrogens (tertiary/aromatic N) is 3. The number of thiazole rings is 1. The van der Waals surface area contributed by atoms with Gasteiger partial charge in [-0.25, -0.2) is 8.78 Å². The van der Waals surface area contributed by atoms with Crippen LogP contribution in [0.1, 0.15) is 10.4 Å². The predicted octanol–water partition coefficient (Wildman–Crippen LogP) is 3.28. The van der Waals surface area contributed by atoms with E-state index in [0.717, 1.165) is 17.4 Å². The fraction of sp³-hybridized carbons (Fsp3) is 0.176. The van der Waals surface area contributed by atoms with Gasteiger partial charge in [0.25, 0.3) is 11.6 Å². The third-order valence-corrected chi connectivity index (χ3v) is 4.76. The van der Waals surface area contributed by atoms with Gasteiger partial charge >= 0.3 is 0 Å². The highest BCUT2D eigenvalue weighted by atomic mass is 32.1. The minimum atomic E-state index is -0.762. The summed E-state index contributed by atoms with van der Waals surface area (Å²) in [6.07, 6.45) is 0. The summed E-state index contributed by atoms with van der Waals surface area (Å²) in [5.41, 5.74) is 0.123. The van der Waals surface area contributed by atoms with E-state index in [9.17, 15) is 23.7 Å². The second-order valence-electron chi connectivity index (χ2n) is 5.48. The van der Waals surface area contributed by atoms with Gasteiger partial charge < -0.3 is 9.30 Å². The van der Waals surface area contributed by atoms with Gasteiger partial charge in [0.05, 0.1) is 21.7 Å². The molecule has 0 saturated carbocycles. The first-order chi connectivity index (χ1) is 12.9. The van der Waals surface area contributed by atoms with E-state index in [0.29, 0.717) is 4.70 Å². The summed E-state index contributed by atoms with van der Waals surface area (Å²) >= 11 is 0.965. The second kappa shape index (κ2) is 7.72. The first-order valence-corrected chi connectivity index (χ1v) is 8.53. The topological polar surface area (TPSA) is 86.7 Å². The van der Waals surface area contributed by atoms with Gasteiger partial charge in [-0.3, -0.25) is 14.9 Å². The Labute approximate surface area is 155 Å². The Kier molecular flexibility index (Phi) is 5.38. The number of ether oxygens (including phenoxy) is 1. The van der Waals surface area contributed by atoms with Crippen molar-refractivity contribution >= 4 is 33.1 Å². The molecule has 3 rings (SSSR count). The van der Waals surface area contributed by atoms with Crippen molar-refractivity contribution in [1.29, 1.82) is 0 Å². The van der Waals surface area contributed by atoms with Crippen LogP contribution in [-0.2, 0) is 11.3 Å². The number of fused-ring (bicyclic) bond motifs is 1. The molecule has 27 heavy (non-hydrogen) atoms. The molecule has 0 atom stereocenters. The summed E-state index contributed by atoms with van der Waals surface area (Å²) in [6, 6.07) is 6.90. The Hall–Kier alpha value is -2.98. The molecule has 1 amide bonds. The van der Waals surface area contributed by atoms with E-state index in [2.05, 4.69) is 4.99 Å². The van der Waals surface area contributed by atoms with E-state index in [1.165, 1.54) is 42.0 Å². The number of halogens is 2. The lowest BCUT2D eigenvalue weighted by atomic mass is 10.2. The lowest BCUT2D eigenvalue weighted by Gasteiger charge is -2.05. The lowest BCUT2D eigenvalue weighted by molar-refractivity contribution is -0.384. The van der Waals surface area contributed by atoms with E-state index >= 15 is 0 Å². The van der Waals surface area contributed by atoms with Gasteiger partial charge in [0, 0.05) is 37.4 Å². The number of hydrogen-bond acceptors (Lipinski definition) is 5. The molecule has 1 heterocycles. The lowest BCUT2D eigenvalue weighted by Crippen LogP contribution is -2.20. The maximum Gasteiger partial charge on any atom is 0.279 e. The Morgan fingerprint density at radius 2 is 2.00 bits per heavy atom. The monoisotopic (exact) mass is 393 g/mol. The molecule has 0 bridgehead atoms. The number of carbonyl (C=O) groups is 1. The molecule has 2 aromatic carbocycles. The molecular formula is C17H13F2N3O4S. The van der Waals surface area contributed by atoms with E-state index in [-0.39, 0.29) is 34.7 Å². The van der Waals surface area contributed by atoms with E-state index < -0.39 is 22.5 Å². The summed E-state index contributed by atoms with van der Waals surface area (Å²) in [6.45, 7) is 0.451. The van der Waals surface area contributed by atoms with Crippen LogP contribution in [0, 0.1) is 21.7 Å². The van der Waals surface area contributed by atoms with Crippen LogP contribution in [0.25, 0.3) is 10.2 Å². The first-order valence-electron chi connectivity index (χ1n) is 7.71. The van der Waals surface area contributed by atoms with Crippen molar-refractivity contribution in [2.75, 3.05) is 13.7 Å². The number of non-ortho nitro benzene ring substituents is 1. The highest BCUT2D eigenvalue weighted by molar-refractivity contribution is 7.16. The summed E-state index contributed by atoms with van der Waals surface area (Å²) in [5, 5.41) is 10.7. The molecule has 10 heteroatoms. The normalized spacial score (nSPS) is 11.9. The number of benzene rings is 2. The third-order valence-electron chi connectivity index (χ3n) is 3.74. The highest BCUT2D eigenvalue weighted by Crippen LogP contribution is 2.22. The van der Waals surface area contributed by atoms with Crippen molar-refractivity contribution < 1.29 is 23.2 Å².